The number of aliphatic imine (C=N–C) groups is 1. The van der Waals surface area contributed by atoms with E-state index in [-0.39, 0.29) is 0 Å². The van der Waals surface area contributed by atoms with Crippen molar-refractivity contribution in [3.05, 3.63) is 59.5 Å². The van der Waals surface area contributed by atoms with Crippen molar-refractivity contribution >= 4 is 56.0 Å². The Morgan fingerprint density at radius 3 is 2.72 bits per heavy atom. The molecule has 0 radical (unpaired) electrons. The van der Waals surface area contributed by atoms with Gasteiger partial charge < -0.3 is 4.74 Å². The predicted octanol–water partition coefficient (Wildman–Crippen LogP) is 5.66. The summed E-state index contributed by atoms with van der Waals surface area (Å²) >= 11 is 4.78. The molecule has 2 heterocycles. The zero-order valence-corrected chi connectivity index (χ0v) is 15.7. The zero-order chi connectivity index (χ0) is 17.1. The minimum Gasteiger partial charge on any atom is -0.497 e. The molecule has 0 atom stereocenters. The Morgan fingerprint density at radius 2 is 1.92 bits per heavy atom. The van der Waals surface area contributed by atoms with Gasteiger partial charge in [-0.05, 0) is 53.7 Å². The van der Waals surface area contributed by atoms with Crippen LogP contribution in [-0.4, -0.2) is 23.3 Å². The first-order valence-electron chi connectivity index (χ1n) is 7.47. The van der Waals surface area contributed by atoms with Gasteiger partial charge in [-0.1, -0.05) is 12.1 Å². The number of nitrogens with zero attached hydrogens (tertiary/aromatic N) is 3. The average molecular weight is 384 g/mol. The molecule has 0 amide bonds. The predicted molar refractivity (Wildman–Crippen MR) is 106 cm³/mol. The number of para-hydroxylation sites is 1. The number of rotatable bonds is 5. The van der Waals surface area contributed by atoms with Crippen LogP contribution in [-0.2, 0) is 0 Å². The Balaban J connectivity index is 1.46. The van der Waals surface area contributed by atoms with Crippen LogP contribution in [0, 0.1) is 0 Å². The third-order valence-electron chi connectivity index (χ3n) is 3.38. The third-order valence-corrected chi connectivity index (χ3v) is 6.29. The highest BCUT2D eigenvalue weighted by atomic mass is 32.2. The van der Waals surface area contributed by atoms with Gasteiger partial charge in [0.1, 0.15) is 10.8 Å². The van der Waals surface area contributed by atoms with Crippen LogP contribution in [0.3, 0.4) is 0 Å². The molecule has 0 saturated carbocycles. The number of hydrogen-bond donors (Lipinski definition) is 0. The summed E-state index contributed by atoms with van der Waals surface area (Å²) in [6.45, 7) is 0. The van der Waals surface area contributed by atoms with Gasteiger partial charge in [0.15, 0.2) is 4.34 Å². The summed E-state index contributed by atoms with van der Waals surface area (Å²) in [5.74, 6) is 0.834. The van der Waals surface area contributed by atoms with E-state index >= 15 is 0 Å². The van der Waals surface area contributed by atoms with Crippen LogP contribution in [0.5, 0.6) is 5.75 Å². The lowest BCUT2D eigenvalue weighted by molar-refractivity contribution is 0.415. The minimum absolute atomic E-state index is 0.736. The fourth-order valence-corrected chi connectivity index (χ4v) is 4.92. The maximum atomic E-state index is 5.15. The fraction of sp³-hybridized carbons (Fsp3) is 0.0556. The quantitative estimate of drug-likeness (QED) is 0.417. The molecule has 7 heteroatoms. The number of hydrogen-bond acceptors (Lipinski definition) is 7. The van der Waals surface area contributed by atoms with Gasteiger partial charge in [-0.2, -0.15) is 0 Å². The van der Waals surface area contributed by atoms with E-state index in [2.05, 4.69) is 21.0 Å². The Bertz CT molecular complexity index is 988. The van der Waals surface area contributed by atoms with E-state index in [1.165, 1.54) is 16.0 Å². The van der Waals surface area contributed by atoms with Gasteiger partial charge in [-0.3, -0.25) is 0 Å². The van der Waals surface area contributed by atoms with E-state index in [1.807, 2.05) is 54.1 Å². The van der Waals surface area contributed by atoms with Gasteiger partial charge in [0.05, 0.1) is 17.3 Å². The molecule has 0 N–H and O–H groups in total. The zero-order valence-electron chi connectivity index (χ0n) is 13.2. The molecule has 4 nitrogen and oxygen atoms in total. The Labute approximate surface area is 157 Å². The standard InChI is InChI=1S/C18H13N3OS3/c1-22-13-8-6-12(7-9-13)10-19-17-21-16(11-23-17)25-18-20-14-4-2-3-5-15(14)24-18/h2-11H,1H3/b19-10+. The second-order valence-electron chi connectivity index (χ2n) is 5.05. The molecule has 0 bridgehead atoms. The molecule has 2 aromatic heterocycles. The van der Waals surface area contributed by atoms with E-state index in [0.29, 0.717) is 0 Å². The molecule has 0 aliphatic rings. The van der Waals surface area contributed by atoms with E-state index in [9.17, 15) is 0 Å². The van der Waals surface area contributed by atoms with Gasteiger partial charge in [-0.25, -0.2) is 15.0 Å². The molecule has 2 aromatic carbocycles. The lowest BCUT2D eigenvalue weighted by atomic mass is 10.2. The lowest BCUT2D eigenvalue weighted by Crippen LogP contribution is -1.84. The molecule has 124 valence electrons. The summed E-state index contributed by atoms with van der Waals surface area (Å²) in [4.78, 5) is 13.6. The van der Waals surface area contributed by atoms with Crippen LogP contribution in [0.2, 0.25) is 0 Å². The SMILES string of the molecule is COc1ccc(/C=N/c2nc(Sc3nc4ccccc4s3)cs2)cc1. The maximum Gasteiger partial charge on any atom is 0.210 e. The number of methoxy groups -OCH3 is 1. The summed E-state index contributed by atoms with van der Waals surface area (Å²) in [5.41, 5.74) is 2.04. The smallest absolute Gasteiger partial charge is 0.210 e. The van der Waals surface area contributed by atoms with Gasteiger partial charge in [0, 0.05) is 11.6 Å². The normalized spacial score (nSPS) is 11.4. The number of thiazole rings is 2. The van der Waals surface area contributed by atoms with E-state index in [0.717, 1.165) is 31.3 Å². The van der Waals surface area contributed by atoms with Crippen LogP contribution in [0.1, 0.15) is 5.56 Å². The molecule has 0 spiro atoms. The highest BCUT2D eigenvalue weighted by Crippen LogP contribution is 2.36. The van der Waals surface area contributed by atoms with E-state index in [1.54, 1.807) is 30.2 Å². The van der Waals surface area contributed by atoms with Crippen molar-refractivity contribution in [3.63, 3.8) is 0 Å². The van der Waals surface area contributed by atoms with Crippen molar-refractivity contribution in [1.29, 1.82) is 0 Å². The average Bonchev–Trinajstić information content (AvgIpc) is 3.26. The molecule has 0 aliphatic heterocycles. The van der Waals surface area contributed by atoms with Gasteiger partial charge >= 0.3 is 0 Å². The number of aromatic nitrogens is 2. The van der Waals surface area contributed by atoms with Gasteiger partial charge in [0.25, 0.3) is 0 Å². The second-order valence-corrected chi connectivity index (χ2v) is 8.18. The second kappa shape index (κ2) is 7.35. The van der Waals surface area contributed by atoms with Crippen LogP contribution in [0.4, 0.5) is 5.13 Å². The number of benzene rings is 2. The highest BCUT2D eigenvalue weighted by molar-refractivity contribution is 8.01. The Kier molecular flexibility index (Phi) is 4.78. The van der Waals surface area contributed by atoms with Crippen molar-refractivity contribution in [2.24, 2.45) is 4.99 Å². The Hall–Kier alpha value is -2.22. The maximum absolute atomic E-state index is 5.15. The first-order chi connectivity index (χ1) is 12.3. The fourth-order valence-electron chi connectivity index (χ4n) is 2.16. The first kappa shape index (κ1) is 16.3. The van der Waals surface area contributed by atoms with Crippen LogP contribution in [0.15, 0.2) is 68.3 Å². The summed E-state index contributed by atoms with van der Waals surface area (Å²) in [6.07, 6.45) is 1.81. The molecular weight excluding hydrogens is 370 g/mol. The van der Waals surface area contributed by atoms with Crippen molar-refractivity contribution in [2.45, 2.75) is 9.37 Å². The molecule has 25 heavy (non-hydrogen) atoms. The number of ether oxygens (including phenoxy) is 1. The lowest BCUT2D eigenvalue weighted by Gasteiger charge is -1.98. The van der Waals surface area contributed by atoms with Crippen molar-refractivity contribution in [3.8, 4) is 5.75 Å². The van der Waals surface area contributed by atoms with E-state index in [4.69, 9.17) is 4.74 Å². The highest BCUT2D eigenvalue weighted by Gasteiger charge is 2.08. The topological polar surface area (TPSA) is 47.4 Å². The molecule has 0 saturated heterocycles. The van der Waals surface area contributed by atoms with Crippen molar-refractivity contribution in [1.82, 2.24) is 9.97 Å². The summed E-state index contributed by atoms with van der Waals surface area (Å²) in [5, 5.41) is 3.67. The molecule has 0 unspecified atom stereocenters. The summed E-state index contributed by atoms with van der Waals surface area (Å²) in [7, 11) is 1.66. The van der Waals surface area contributed by atoms with Crippen molar-refractivity contribution in [2.75, 3.05) is 7.11 Å². The van der Waals surface area contributed by atoms with E-state index < -0.39 is 0 Å². The first-order valence-corrected chi connectivity index (χ1v) is 9.98. The van der Waals surface area contributed by atoms with Crippen LogP contribution >= 0.6 is 34.4 Å². The summed E-state index contributed by atoms with van der Waals surface area (Å²) in [6, 6.07) is 15.9. The Morgan fingerprint density at radius 1 is 1.08 bits per heavy atom. The largest absolute Gasteiger partial charge is 0.497 e. The molecule has 4 rings (SSSR count). The monoisotopic (exact) mass is 383 g/mol. The summed E-state index contributed by atoms with van der Waals surface area (Å²) < 4.78 is 7.34. The minimum atomic E-state index is 0.736. The molecule has 0 aliphatic carbocycles. The molecular formula is C18H13N3OS3. The van der Waals surface area contributed by atoms with Gasteiger partial charge in [-0.15, -0.1) is 22.7 Å². The van der Waals surface area contributed by atoms with Crippen LogP contribution in [0.25, 0.3) is 10.2 Å². The number of fused-ring (bicyclic) bond motifs is 1. The van der Waals surface area contributed by atoms with Crippen LogP contribution < -0.4 is 4.74 Å². The third kappa shape index (κ3) is 3.89. The van der Waals surface area contributed by atoms with Gasteiger partial charge in [0.2, 0.25) is 5.13 Å². The molecule has 0 fully saturated rings. The van der Waals surface area contributed by atoms with Crippen molar-refractivity contribution < 1.29 is 4.74 Å². The molecule has 4 aromatic rings.